The van der Waals surface area contributed by atoms with Gasteiger partial charge in [0.1, 0.15) is 0 Å². The summed E-state index contributed by atoms with van der Waals surface area (Å²) in [5.74, 6) is -9.26. The Labute approximate surface area is 249 Å². The van der Waals surface area contributed by atoms with Crippen LogP contribution in [0.5, 0.6) is 0 Å². The second-order valence-electron chi connectivity index (χ2n) is 8.27. The fraction of sp³-hybridized carbons (Fsp3) is 0.286. The number of amides is 2. The maximum absolute atomic E-state index is 11.9. The normalized spacial score (nSPS) is 9.91. The van der Waals surface area contributed by atoms with Gasteiger partial charge in [0.25, 0.3) is 11.8 Å². The number of aromatic carboxylic acids is 4. The lowest BCUT2D eigenvalue weighted by Gasteiger charge is -2.12. The summed E-state index contributed by atoms with van der Waals surface area (Å²) in [6, 6.07) is 3.41. The lowest BCUT2D eigenvalue weighted by atomic mass is 9.97. The zero-order valence-electron chi connectivity index (χ0n) is 24.0. The lowest BCUT2D eigenvalue weighted by molar-refractivity contribution is 0.0504. The topological polar surface area (TPSA) is 260 Å². The molecular weight excluding hydrogens is 588 g/mol. The zero-order valence-corrected chi connectivity index (χ0v) is 24.0. The summed E-state index contributed by atoms with van der Waals surface area (Å²) in [5, 5.41) is 41.4. The molecule has 0 unspecified atom stereocenters. The highest BCUT2D eigenvalue weighted by atomic mass is 16.5. The predicted molar refractivity (Wildman–Crippen MR) is 149 cm³/mol. The number of hydrogen-bond acceptors (Lipinski definition) is 10. The van der Waals surface area contributed by atoms with Crippen LogP contribution >= 0.6 is 0 Å². The fourth-order valence-corrected chi connectivity index (χ4v) is 3.55. The maximum atomic E-state index is 11.9. The molecule has 0 spiro atoms. The summed E-state index contributed by atoms with van der Waals surface area (Å²) >= 11 is 0. The first kappa shape index (κ1) is 36.2. The van der Waals surface area contributed by atoms with Crippen LogP contribution in [0.15, 0.2) is 24.3 Å². The molecule has 0 saturated heterocycles. The molecule has 0 atom stereocenters. The van der Waals surface area contributed by atoms with Crippen molar-refractivity contribution < 1.29 is 68.3 Å². The van der Waals surface area contributed by atoms with Crippen molar-refractivity contribution >= 4 is 47.6 Å². The lowest BCUT2D eigenvalue weighted by Crippen LogP contribution is -2.29. The third kappa shape index (κ3) is 9.10. The van der Waals surface area contributed by atoms with E-state index in [0.29, 0.717) is 0 Å². The molecule has 2 aromatic carbocycles. The van der Waals surface area contributed by atoms with E-state index in [1.54, 1.807) is 13.8 Å². The van der Waals surface area contributed by atoms with Gasteiger partial charge in [0, 0.05) is 13.1 Å². The third-order valence-electron chi connectivity index (χ3n) is 5.39. The molecule has 16 nitrogen and oxygen atoms in total. The van der Waals surface area contributed by atoms with Crippen molar-refractivity contribution in [3.8, 4) is 0 Å². The molecule has 0 aromatic heterocycles. The summed E-state index contributed by atoms with van der Waals surface area (Å²) in [6.45, 7) is 6.85. The van der Waals surface area contributed by atoms with Gasteiger partial charge >= 0.3 is 35.8 Å². The third-order valence-corrected chi connectivity index (χ3v) is 5.39. The van der Waals surface area contributed by atoms with Gasteiger partial charge in [-0.05, 0) is 52.0 Å². The Kier molecular flexibility index (Phi) is 13.7. The zero-order chi connectivity index (χ0) is 33.7. The van der Waals surface area contributed by atoms with Gasteiger partial charge in [0.2, 0.25) is 0 Å². The molecule has 0 saturated carbocycles. The van der Waals surface area contributed by atoms with Crippen molar-refractivity contribution in [1.82, 2.24) is 10.6 Å². The van der Waals surface area contributed by atoms with Crippen LogP contribution in [0, 0.1) is 0 Å². The van der Waals surface area contributed by atoms with Crippen molar-refractivity contribution in [2.24, 2.45) is 0 Å². The minimum absolute atomic E-state index is 0.00663. The number of carboxylic acids is 4. The van der Waals surface area contributed by atoms with E-state index in [-0.39, 0.29) is 37.4 Å². The SMILES string of the molecule is CCNC(=O)c1cc(C(=O)NCC)c(C(=O)O)cc1C(=O)O.CCOC(=O)c1cc(C(=O)OCC)c(C(=O)O)cc1C(=O)O. The summed E-state index contributed by atoms with van der Waals surface area (Å²) < 4.78 is 9.42. The molecule has 2 rings (SSSR count). The van der Waals surface area contributed by atoms with Crippen LogP contribution in [0.25, 0.3) is 0 Å². The molecule has 44 heavy (non-hydrogen) atoms. The molecule has 0 radical (unpaired) electrons. The summed E-state index contributed by atoms with van der Waals surface area (Å²) in [5.41, 5.74) is -3.44. The highest BCUT2D eigenvalue weighted by Gasteiger charge is 2.27. The van der Waals surface area contributed by atoms with Crippen molar-refractivity contribution in [3.63, 3.8) is 0 Å². The van der Waals surface area contributed by atoms with E-state index in [4.69, 9.17) is 29.9 Å². The van der Waals surface area contributed by atoms with E-state index in [1.807, 2.05) is 0 Å². The van der Waals surface area contributed by atoms with E-state index < -0.39 is 81.0 Å². The number of hydrogen-bond donors (Lipinski definition) is 6. The quantitative estimate of drug-likeness (QED) is 0.186. The minimum Gasteiger partial charge on any atom is -0.478 e. The number of carboxylic acid groups (broad SMARTS) is 4. The minimum atomic E-state index is -1.51. The van der Waals surface area contributed by atoms with Crippen LogP contribution in [-0.2, 0) is 9.47 Å². The van der Waals surface area contributed by atoms with Gasteiger partial charge in [-0.3, -0.25) is 9.59 Å². The van der Waals surface area contributed by atoms with Crippen molar-refractivity contribution in [2.45, 2.75) is 27.7 Å². The molecule has 0 bridgehead atoms. The van der Waals surface area contributed by atoms with Gasteiger partial charge in [0.15, 0.2) is 0 Å². The van der Waals surface area contributed by atoms with Gasteiger partial charge in [-0.15, -0.1) is 0 Å². The number of carbonyl (C=O) groups excluding carboxylic acids is 4. The van der Waals surface area contributed by atoms with Crippen LogP contribution in [-0.4, -0.2) is 94.4 Å². The standard InChI is InChI=1S/C14H16N2O6.C14H14O8/c1-3-15-11(17)7-5-8(12(18)16-4-2)10(14(21)22)6-9(7)13(19)20;1-3-21-13(19)9-6-10(14(20)22-4-2)8(12(17)18)5-7(9)11(15)16/h5-6H,3-4H2,1-2H3,(H,15,17)(H,16,18)(H,19,20)(H,21,22);5-6H,3-4H2,1-2H3,(H,15,16)(H,17,18). The van der Waals surface area contributed by atoms with E-state index in [1.165, 1.54) is 13.8 Å². The molecule has 0 fully saturated rings. The monoisotopic (exact) mass is 618 g/mol. The number of carbonyl (C=O) groups is 8. The van der Waals surface area contributed by atoms with Crippen molar-refractivity contribution in [2.75, 3.05) is 26.3 Å². The molecule has 0 heterocycles. The maximum Gasteiger partial charge on any atom is 0.339 e. The molecule has 0 aliphatic heterocycles. The molecule has 2 aromatic rings. The first-order chi connectivity index (χ1) is 20.7. The Hall–Kier alpha value is -5.80. The Morgan fingerprint density at radius 2 is 0.727 bits per heavy atom. The predicted octanol–water partition coefficient (Wildman–Crippen LogP) is 2.02. The van der Waals surface area contributed by atoms with E-state index in [2.05, 4.69) is 10.6 Å². The van der Waals surface area contributed by atoms with Crippen LogP contribution in [0.2, 0.25) is 0 Å². The number of rotatable bonds is 12. The first-order valence-corrected chi connectivity index (χ1v) is 12.9. The van der Waals surface area contributed by atoms with Gasteiger partial charge in [-0.1, -0.05) is 0 Å². The number of benzene rings is 2. The fourth-order valence-electron chi connectivity index (χ4n) is 3.55. The average Bonchev–Trinajstić information content (AvgIpc) is 2.96. The second kappa shape index (κ2) is 16.6. The van der Waals surface area contributed by atoms with Crippen molar-refractivity contribution in [1.29, 1.82) is 0 Å². The molecular formula is C28H30N2O14. The number of esters is 2. The molecule has 0 aliphatic rings. The van der Waals surface area contributed by atoms with E-state index in [0.717, 1.165) is 24.3 Å². The molecule has 2 amide bonds. The van der Waals surface area contributed by atoms with Crippen LogP contribution in [0.3, 0.4) is 0 Å². The second-order valence-corrected chi connectivity index (χ2v) is 8.27. The number of ether oxygens (including phenoxy) is 2. The summed E-state index contributed by atoms with van der Waals surface area (Å²) in [4.78, 5) is 92.3. The highest BCUT2D eigenvalue weighted by Crippen LogP contribution is 2.21. The first-order valence-electron chi connectivity index (χ1n) is 12.9. The molecule has 236 valence electrons. The Morgan fingerprint density at radius 1 is 0.477 bits per heavy atom. The van der Waals surface area contributed by atoms with Gasteiger partial charge in [-0.25, -0.2) is 28.8 Å². The summed E-state index contributed by atoms with van der Waals surface area (Å²) in [7, 11) is 0. The Bertz CT molecular complexity index is 1280. The van der Waals surface area contributed by atoms with E-state index in [9.17, 15) is 38.4 Å². The largest absolute Gasteiger partial charge is 0.478 e. The van der Waals surface area contributed by atoms with Crippen LogP contribution in [0.1, 0.15) is 111 Å². The molecule has 16 heteroatoms. The average molecular weight is 619 g/mol. The van der Waals surface area contributed by atoms with Gasteiger partial charge < -0.3 is 40.5 Å². The Balaban J connectivity index is 0.000000440. The van der Waals surface area contributed by atoms with Gasteiger partial charge in [0.05, 0.1) is 57.7 Å². The number of nitrogens with one attached hydrogen (secondary N) is 2. The molecule has 6 N–H and O–H groups in total. The molecule has 0 aliphatic carbocycles. The van der Waals surface area contributed by atoms with Crippen LogP contribution < -0.4 is 10.6 Å². The van der Waals surface area contributed by atoms with Crippen LogP contribution in [0.4, 0.5) is 0 Å². The Morgan fingerprint density at radius 3 is 0.977 bits per heavy atom. The summed E-state index contributed by atoms with van der Waals surface area (Å²) in [6.07, 6.45) is 0. The highest BCUT2D eigenvalue weighted by molar-refractivity contribution is 6.12. The van der Waals surface area contributed by atoms with E-state index >= 15 is 0 Å². The van der Waals surface area contributed by atoms with Gasteiger partial charge in [-0.2, -0.15) is 0 Å². The van der Waals surface area contributed by atoms with Crippen molar-refractivity contribution in [3.05, 3.63) is 68.8 Å². The smallest absolute Gasteiger partial charge is 0.339 e.